The van der Waals surface area contributed by atoms with Gasteiger partial charge in [-0.3, -0.25) is 9.79 Å². The van der Waals surface area contributed by atoms with Crippen molar-refractivity contribution in [3.05, 3.63) is 29.8 Å². The smallest absolute Gasteiger partial charge is 0.238 e. The molecular weight excluding hydrogens is 481 g/mol. The lowest BCUT2D eigenvalue weighted by Gasteiger charge is -2.12. The second-order valence-corrected chi connectivity index (χ2v) is 7.75. The summed E-state index contributed by atoms with van der Waals surface area (Å²) in [4.78, 5) is 16.1. The summed E-state index contributed by atoms with van der Waals surface area (Å²) < 4.78 is 22.5. The van der Waals surface area contributed by atoms with Gasteiger partial charge in [-0.2, -0.15) is 0 Å². The topological polar surface area (TPSA) is 126 Å². The van der Waals surface area contributed by atoms with Crippen LogP contribution in [0.25, 0.3) is 0 Å². The molecule has 1 aliphatic carbocycles. The molecule has 1 aromatic carbocycles. The molecule has 10 heteroatoms. The van der Waals surface area contributed by atoms with Crippen molar-refractivity contribution in [1.29, 1.82) is 0 Å². The number of aliphatic imine (C=N–C) groups is 1. The highest BCUT2D eigenvalue weighted by Gasteiger charge is 2.28. The zero-order valence-corrected chi connectivity index (χ0v) is 18.5. The van der Waals surface area contributed by atoms with Gasteiger partial charge < -0.3 is 16.0 Å². The van der Waals surface area contributed by atoms with Crippen molar-refractivity contribution >= 4 is 45.9 Å². The maximum Gasteiger partial charge on any atom is 0.238 e. The third-order valence-electron chi connectivity index (χ3n) is 3.93. The molecule has 1 fully saturated rings. The Hall–Kier alpha value is -1.40. The minimum absolute atomic E-state index is 0. The minimum Gasteiger partial charge on any atom is -0.357 e. The molecule has 1 saturated carbocycles. The van der Waals surface area contributed by atoms with E-state index in [1.165, 1.54) is 12.1 Å². The molecule has 0 bridgehead atoms. The van der Waals surface area contributed by atoms with E-state index in [9.17, 15) is 13.2 Å². The number of halogens is 1. The number of hydrogen-bond acceptors (Lipinski definition) is 4. The molecule has 27 heavy (non-hydrogen) atoms. The maximum absolute atomic E-state index is 11.6. The Labute approximate surface area is 177 Å². The molecule has 152 valence electrons. The van der Waals surface area contributed by atoms with Crippen LogP contribution in [0.4, 0.5) is 0 Å². The van der Waals surface area contributed by atoms with E-state index in [-0.39, 0.29) is 40.7 Å². The number of hydrogen-bond donors (Lipinski definition) is 4. The molecule has 1 aliphatic rings. The summed E-state index contributed by atoms with van der Waals surface area (Å²) in [5, 5.41) is 14.3. The van der Waals surface area contributed by atoms with Gasteiger partial charge in [0.05, 0.1) is 4.90 Å². The molecule has 0 atom stereocenters. The van der Waals surface area contributed by atoms with Crippen LogP contribution in [0.15, 0.2) is 34.2 Å². The summed E-state index contributed by atoms with van der Waals surface area (Å²) in [6.07, 6.45) is 2.68. The highest BCUT2D eigenvalue weighted by molar-refractivity contribution is 14.0. The lowest BCUT2D eigenvalue weighted by atomic mass is 10.1. The van der Waals surface area contributed by atoms with Gasteiger partial charge in [-0.15, -0.1) is 24.0 Å². The quantitative estimate of drug-likeness (QED) is 0.168. The van der Waals surface area contributed by atoms with E-state index in [0.717, 1.165) is 24.9 Å². The monoisotopic (exact) mass is 509 g/mol. The summed E-state index contributed by atoms with van der Waals surface area (Å²) >= 11 is 0. The van der Waals surface area contributed by atoms with Crippen LogP contribution >= 0.6 is 24.0 Å². The number of carbonyl (C=O) groups excluding carboxylic acids is 1. The molecule has 0 radical (unpaired) electrons. The molecule has 5 N–H and O–H groups in total. The Balaban J connectivity index is 0.00000364. The van der Waals surface area contributed by atoms with Crippen LogP contribution in [0.2, 0.25) is 0 Å². The molecule has 2 rings (SSSR count). The Kier molecular flexibility index (Phi) is 10.0. The lowest BCUT2D eigenvalue weighted by Crippen LogP contribution is -2.41. The summed E-state index contributed by atoms with van der Waals surface area (Å²) in [6, 6.07) is 6.48. The number of nitrogens with two attached hydrogens (primary N) is 1. The van der Waals surface area contributed by atoms with Crippen LogP contribution < -0.4 is 21.1 Å². The van der Waals surface area contributed by atoms with Crippen molar-refractivity contribution in [1.82, 2.24) is 16.0 Å². The standard InChI is InChI=1S/C17H27N5O3S.HI/c1-2-19-17(22-12-11-20-16(23)14-5-6-14)21-10-9-13-3-7-15(8-4-13)26(18,24)25;/h3-4,7-8,14H,2,5-6,9-12H2,1H3,(H,20,23)(H2,18,24,25)(H2,19,21,22);1H. The van der Waals surface area contributed by atoms with Crippen molar-refractivity contribution in [3.8, 4) is 0 Å². The molecule has 1 aromatic rings. The highest BCUT2D eigenvalue weighted by atomic mass is 127. The van der Waals surface area contributed by atoms with Gasteiger partial charge in [0.2, 0.25) is 15.9 Å². The van der Waals surface area contributed by atoms with Gasteiger partial charge in [0.25, 0.3) is 0 Å². The van der Waals surface area contributed by atoms with Crippen LogP contribution in [0.1, 0.15) is 25.3 Å². The normalized spacial score (nSPS) is 14.2. The SMILES string of the molecule is CCNC(=NCCc1ccc(S(N)(=O)=O)cc1)NCCNC(=O)C1CC1.I. The molecule has 0 spiro atoms. The van der Waals surface area contributed by atoms with Gasteiger partial charge in [0.1, 0.15) is 0 Å². The zero-order chi connectivity index (χ0) is 19.0. The fraction of sp³-hybridized carbons (Fsp3) is 0.529. The maximum atomic E-state index is 11.6. The van der Waals surface area contributed by atoms with Gasteiger partial charge in [0, 0.05) is 32.1 Å². The van der Waals surface area contributed by atoms with Crippen LogP contribution in [-0.2, 0) is 21.2 Å². The van der Waals surface area contributed by atoms with Crippen LogP contribution in [-0.4, -0.2) is 46.5 Å². The Morgan fingerprint density at radius 1 is 1.15 bits per heavy atom. The first-order valence-electron chi connectivity index (χ1n) is 8.81. The van der Waals surface area contributed by atoms with Crippen LogP contribution in [0.5, 0.6) is 0 Å². The number of primary sulfonamides is 1. The first-order valence-corrected chi connectivity index (χ1v) is 10.4. The van der Waals surface area contributed by atoms with E-state index >= 15 is 0 Å². The van der Waals surface area contributed by atoms with E-state index in [2.05, 4.69) is 20.9 Å². The van der Waals surface area contributed by atoms with Crippen LogP contribution in [0, 0.1) is 5.92 Å². The average Bonchev–Trinajstić information content (AvgIpc) is 3.43. The number of rotatable bonds is 9. The van der Waals surface area contributed by atoms with E-state index < -0.39 is 10.0 Å². The van der Waals surface area contributed by atoms with Crippen molar-refractivity contribution < 1.29 is 13.2 Å². The van der Waals surface area contributed by atoms with Crippen molar-refractivity contribution in [2.75, 3.05) is 26.2 Å². The van der Waals surface area contributed by atoms with Gasteiger partial charge >= 0.3 is 0 Å². The van der Waals surface area contributed by atoms with Crippen molar-refractivity contribution in [2.24, 2.45) is 16.0 Å². The fourth-order valence-electron chi connectivity index (χ4n) is 2.34. The number of nitrogens with zero attached hydrogens (tertiary/aromatic N) is 1. The summed E-state index contributed by atoms with van der Waals surface area (Å²) in [6.45, 7) is 4.45. The predicted molar refractivity (Wildman–Crippen MR) is 117 cm³/mol. The zero-order valence-electron chi connectivity index (χ0n) is 15.4. The average molecular weight is 509 g/mol. The van der Waals surface area contributed by atoms with Gasteiger partial charge in [0.15, 0.2) is 5.96 Å². The second-order valence-electron chi connectivity index (χ2n) is 6.19. The number of amides is 1. The predicted octanol–water partition coefficient (Wildman–Crippen LogP) is 0.576. The molecule has 0 aromatic heterocycles. The number of benzene rings is 1. The minimum atomic E-state index is -3.66. The van der Waals surface area contributed by atoms with Gasteiger partial charge in [-0.25, -0.2) is 13.6 Å². The summed E-state index contributed by atoms with van der Waals surface area (Å²) in [5.41, 5.74) is 0.980. The molecule has 0 heterocycles. The molecule has 1 amide bonds. The van der Waals surface area contributed by atoms with E-state index in [0.29, 0.717) is 32.0 Å². The van der Waals surface area contributed by atoms with Gasteiger partial charge in [-0.05, 0) is 43.9 Å². The number of nitrogens with one attached hydrogen (secondary N) is 3. The number of carbonyl (C=O) groups is 1. The van der Waals surface area contributed by atoms with E-state index in [1.807, 2.05) is 6.92 Å². The number of sulfonamides is 1. The first-order chi connectivity index (χ1) is 12.4. The van der Waals surface area contributed by atoms with Crippen molar-refractivity contribution in [3.63, 3.8) is 0 Å². The van der Waals surface area contributed by atoms with Crippen molar-refractivity contribution in [2.45, 2.75) is 31.1 Å². The molecule has 8 nitrogen and oxygen atoms in total. The first kappa shape index (κ1) is 23.6. The fourth-order valence-corrected chi connectivity index (χ4v) is 2.86. The Bertz CT molecular complexity index is 733. The Morgan fingerprint density at radius 3 is 2.33 bits per heavy atom. The lowest BCUT2D eigenvalue weighted by molar-refractivity contribution is -0.122. The molecular formula is C17H28IN5O3S. The summed E-state index contributed by atoms with van der Waals surface area (Å²) in [7, 11) is -3.66. The largest absolute Gasteiger partial charge is 0.357 e. The Morgan fingerprint density at radius 2 is 1.78 bits per heavy atom. The molecule has 0 aliphatic heterocycles. The van der Waals surface area contributed by atoms with Crippen LogP contribution in [0.3, 0.4) is 0 Å². The van der Waals surface area contributed by atoms with E-state index in [4.69, 9.17) is 5.14 Å². The van der Waals surface area contributed by atoms with E-state index in [1.54, 1.807) is 12.1 Å². The second kappa shape index (κ2) is 11.4. The molecule has 0 saturated heterocycles. The highest BCUT2D eigenvalue weighted by Crippen LogP contribution is 2.28. The third kappa shape index (κ3) is 8.89. The molecule has 0 unspecified atom stereocenters. The van der Waals surface area contributed by atoms with Gasteiger partial charge in [-0.1, -0.05) is 12.1 Å². The number of guanidine groups is 1. The summed E-state index contributed by atoms with van der Waals surface area (Å²) in [5.74, 6) is 1.04. The third-order valence-corrected chi connectivity index (χ3v) is 4.86.